The van der Waals surface area contributed by atoms with E-state index in [-0.39, 0.29) is 5.91 Å². The molecule has 0 radical (unpaired) electrons. The predicted octanol–water partition coefficient (Wildman–Crippen LogP) is 1.41. The molecule has 5 heteroatoms. The van der Waals surface area contributed by atoms with Gasteiger partial charge in [-0.3, -0.25) is 15.2 Å². The second-order valence-electron chi connectivity index (χ2n) is 2.87. The van der Waals surface area contributed by atoms with Crippen LogP contribution in [0.2, 0.25) is 0 Å². The van der Waals surface area contributed by atoms with Gasteiger partial charge in [0.15, 0.2) is 0 Å². The van der Waals surface area contributed by atoms with Gasteiger partial charge in [0.05, 0.1) is 4.88 Å². The number of nitrogens with one attached hydrogen (secondary N) is 1. The monoisotopic (exact) mass is 219 g/mol. The van der Waals surface area contributed by atoms with Gasteiger partial charge >= 0.3 is 0 Å². The third kappa shape index (κ3) is 2.03. The average molecular weight is 219 g/mol. The Morgan fingerprint density at radius 1 is 1.27 bits per heavy atom. The van der Waals surface area contributed by atoms with Crippen LogP contribution in [0, 0.1) is 0 Å². The van der Waals surface area contributed by atoms with Crippen molar-refractivity contribution in [3.8, 4) is 10.4 Å². The van der Waals surface area contributed by atoms with Gasteiger partial charge in [0.25, 0.3) is 5.91 Å². The van der Waals surface area contributed by atoms with E-state index in [4.69, 9.17) is 5.84 Å². The Balaban J connectivity index is 2.32. The third-order valence-corrected chi connectivity index (χ3v) is 3.06. The zero-order chi connectivity index (χ0) is 10.7. The highest BCUT2D eigenvalue weighted by Crippen LogP contribution is 2.27. The molecular formula is C10H9N3OS. The van der Waals surface area contributed by atoms with E-state index >= 15 is 0 Å². The summed E-state index contributed by atoms with van der Waals surface area (Å²) in [6, 6.07) is 7.44. The first-order valence-corrected chi connectivity index (χ1v) is 5.14. The third-order valence-electron chi connectivity index (χ3n) is 1.93. The lowest BCUT2D eigenvalue weighted by Crippen LogP contribution is -2.29. The van der Waals surface area contributed by atoms with Crippen LogP contribution in [0.25, 0.3) is 10.4 Å². The smallest absolute Gasteiger partial charge is 0.275 e. The first kappa shape index (κ1) is 9.82. The van der Waals surface area contributed by atoms with E-state index in [1.807, 2.05) is 18.2 Å². The van der Waals surface area contributed by atoms with Crippen LogP contribution in [0.5, 0.6) is 0 Å². The van der Waals surface area contributed by atoms with Crippen LogP contribution in [0.1, 0.15) is 9.67 Å². The Morgan fingerprint density at radius 2 is 2.00 bits per heavy atom. The first-order chi connectivity index (χ1) is 7.31. The Kier molecular flexibility index (Phi) is 2.75. The van der Waals surface area contributed by atoms with Crippen molar-refractivity contribution < 1.29 is 4.79 Å². The predicted molar refractivity (Wildman–Crippen MR) is 59.2 cm³/mol. The molecule has 0 unspecified atom stereocenters. The molecule has 1 amide bonds. The number of amides is 1. The molecule has 0 saturated heterocycles. The van der Waals surface area contributed by atoms with Crippen molar-refractivity contribution in [3.05, 3.63) is 41.5 Å². The number of nitrogens with zero attached hydrogens (tertiary/aromatic N) is 1. The quantitative estimate of drug-likeness (QED) is 0.456. The molecule has 3 N–H and O–H groups in total. The normalized spacial score (nSPS) is 9.93. The van der Waals surface area contributed by atoms with Crippen LogP contribution in [0.4, 0.5) is 0 Å². The molecule has 2 rings (SSSR count). The minimum absolute atomic E-state index is 0.264. The van der Waals surface area contributed by atoms with Gasteiger partial charge in [-0.05, 0) is 29.8 Å². The number of carbonyl (C=O) groups excluding carboxylic acids is 1. The fourth-order valence-electron chi connectivity index (χ4n) is 1.20. The van der Waals surface area contributed by atoms with Crippen LogP contribution in [-0.4, -0.2) is 10.9 Å². The minimum Gasteiger partial charge on any atom is -0.289 e. The van der Waals surface area contributed by atoms with Crippen LogP contribution in [0.15, 0.2) is 36.7 Å². The number of nitrogen functional groups attached to an aromatic ring is 1. The highest BCUT2D eigenvalue weighted by molar-refractivity contribution is 7.17. The molecular weight excluding hydrogens is 210 g/mol. The largest absolute Gasteiger partial charge is 0.289 e. The Morgan fingerprint density at radius 3 is 2.67 bits per heavy atom. The highest BCUT2D eigenvalue weighted by atomic mass is 32.1. The van der Waals surface area contributed by atoms with Crippen molar-refractivity contribution in [2.45, 2.75) is 0 Å². The second kappa shape index (κ2) is 4.20. The number of nitrogens with two attached hydrogens (primary N) is 1. The van der Waals surface area contributed by atoms with Gasteiger partial charge in [0.1, 0.15) is 0 Å². The van der Waals surface area contributed by atoms with E-state index < -0.39 is 0 Å². The molecule has 0 aliphatic heterocycles. The number of hydrogen-bond acceptors (Lipinski definition) is 4. The van der Waals surface area contributed by atoms with Gasteiger partial charge in [0.2, 0.25) is 0 Å². The number of hydrazine groups is 1. The molecule has 0 aliphatic rings. The number of rotatable bonds is 2. The van der Waals surface area contributed by atoms with Crippen molar-refractivity contribution in [1.29, 1.82) is 0 Å². The van der Waals surface area contributed by atoms with Crippen molar-refractivity contribution in [1.82, 2.24) is 10.4 Å². The maximum atomic E-state index is 11.2. The second-order valence-corrected chi connectivity index (χ2v) is 3.96. The SMILES string of the molecule is NNC(=O)c1ccc(-c2ccncc2)s1. The summed E-state index contributed by atoms with van der Waals surface area (Å²) in [5, 5.41) is 0. The van der Waals surface area contributed by atoms with Crippen LogP contribution in [-0.2, 0) is 0 Å². The fraction of sp³-hybridized carbons (Fsp3) is 0. The van der Waals surface area contributed by atoms with Gasteiger partial charge in [-0.2, -0.15) is 0 Å². The lowest BCUT2D eigenvalue weighted by atomic mass is 10.2. The summed E-state index contributed by atoms with van der Waals surface area (Å²) in [6.45, 7) is 0. The molecule has 4 nitrogen and oxygen atoms in total. The Bertz CT molecular complexity index is 467. The first-order valence-electron chi connectivity index (χ1n) is 4.32. The van der Waals surface area contributed by atoms with E-state index in [1.165, 1.54) is 11.3 Å². The van der Waals surface area contributed by atoms with Gasteiger partial charge < -0.3 is 0 Å². The van der Waals surface area contributed by atoms with E-state index in [2.05, 4.69) is 10.4 Å². The number of aromatic nitrogens is 1. The molecule has 76 valence electrons. The minimum atomic E-state index is -0.264. The molecule has 0 bridgehead atoms. The number of carbonyl (C=O) groups is 1. The van der Waals surface area contributed by atoms with Crippen molar-refractivity contribution in [2.24, 2.45) is 5.84 Å². The van der Waals surface area contributed by atoms with Gasteiger partial charge in [0, 0.05) is 17.3 Å². The lowest BCUT2D eigenvalue weighted by Gasteiger charge is -1.95. The Labute approximate surface area is 90.7 Å². The molecule has 2 heterocycles. The zero-order valence-corrected chi connectivity index (χ0v) is 8.62. The van der Waals surface area contributed by atoms with E-state index in [0.717, 1.165) is 10.4 Å². The molecule has 15 heavy (non-hydrogen) atoms. The van der Waals surface area contributed by atoms with E-state index in [9.17, 15) is 4.79 Å². The maximum Gasteiger partial charge on any atom is 0.275 e. The summed E-state index contributed by atoms with van der Waals surface area (Å²) < 4.78 is 0. The molecule has 0 saturated carbocycles. The summed E-state index contributed by atoms with van der Waals surface area (Å²) in [7, 11) is 0. The summed E-state index contributed by atoms with van der Waals surface area (Å²) in [6.07, 6.45) is 3.44. The van der Waals surface area contributed by atoms with Gasteiger partial charge in [-0.15, -0.1) is 11.3 Å². The average Bonchev–Trinajstić information content (AvgIpc) is 2.78. The molecule has 0 spiro atoms. The standard InChI is InChI=1S/C10H9N3OS/c11-13-10(14)9-2-1-8(15-9)7-3-5-12-6-4-7/h1-6H,11H2,(H,13,14). The number of hydrogen-bond donors (Lipinski definition) is 2. The van der Waals surface area contributed by atoms with Gasteiger partial charge in [-0.1, -0.05) is 0 Å². The summed E-state index contributed by atoms with van der Waals surface area (Å²) in [5.41, 5.74) is 3.15. The van der Waals surface area contributed by atoms with Gasteiger partial charge in [-0.25, -0.2) is 5.84 Å². The number of thiophene rings is 1. The molecule has 0 fully saturated rings. The zero-order valence-electron chi connectivity index (χ0n) is 7.81. The number of pyridine rings is 1. The molecule has 2 aromatic rings. The van der Waals surface area contributed by atoms with Crippen LogP contribution < -0.4 is 11.3 Å². The lowest BCUT2D eigenvalue weighted by molar-refractivity contribution is 0.0957. The van der Waals surface area contributed by atoms with E-state index in [1.54, 1.807) is 18.5 Å². The summed E-state index contributed by atoms with van der Waals surface area (Å²) >= 11 is 1.40. The molecule has 0 atom stereocenters. The van der Waals surface area contributed by atoms with Crippen molar-refractivity contribution in [3.63, 3.8) is 0 Å². The molecule has 2 aromatic heterocycles. The van der Waals surface area contributed by atoms with E-state index in [0.29, 0.717) is 4.88 Å². The van der Waals surface area contributed by atoms with Crippen LogP contribution >= 0.6 is 11.3 Å². The summed E-state index contributed by atoms with van der Waals surface area (Å²) in [4.78, 5) is 16.8. The van der Waals surface area contributed by atoms with Crippen molar-refractivity contribution >= 4 is 17.2 Å². The highest BCUT2D eigenvalue weighted by Gasteiger charge is 2.08. The van der Waals surface area contributed by atoms with Crippen molar-refractivity contribution in [2.75, 3.05) is 0 Å². The molecule has 0 aliphatic carbocycles. The van der Waals surface area contributed by atoms with Crippen LogP contribution in [0.3, 0.4) is 0 Å². The topological polar surface area (TPSA) is 68.0 Å². The Hall–Kier alpha value is -1.72. The maximum absolute atomic E-state index is 11.2. The fourth-order valence-corrected chi connectivity index (χ4v) is 2.12. The molecule has 0 aromatic carbocycles. The summed E-state index contributed by atoms with van der Waals surface area (Å²) in [5.74, 6) is 4.79.